The van der Waals surface area contributed by atoms with Gasteiger partial charge in [-0.1, -0.05) is 66.7 Å². The number of benzene rings is 2. The molecule has 0 spiro atoms. The van der Waals surface area contributed by atoms with Crippen LogP contribution >= 0.6 is 0 Å². The average molecular weight is 332 g/mol. The Morgan fingerprint density at radius 3 is 2.04 bits per heavy atom. The summed E-state index contributed by atoms with van der Waals surface area (Å²) in [6.07, 6.45) is 1.71. The van der Waals surface area contributed by atoms with Crippen LogP contribution in [0.5, 0.6) is 5.88 Å². The zero-order chi connectivity index (χ0) is 17.5. The fraction of sp³-hybridized carbons (Fsp3) is 0.143. The van der Waals surface area contributed by atoms with Crippen molar-refractivity contribution >= 4 is 5.91 Å². The lowest BCUT2D eigenvalue weighted by atomic mass is 9.90. The van der Waals surface area contributed by atoms with Crippen LogP contribution in [-0.4, -0.2) is 18.0 Å². The van der Waals surface area contributed by atoms with Crippen molar-refractivity contribution in [2.24, 2.45) is 0 Å². The number of aromatic nitrogens is 1. The first-order valence-corrected chi connectivity index (χ1v) is 8.14. The van der Waals surface area contributed by atoms with Crippen LogP contribution in [0.15, 0.2) is 79.0 Å². The molecule has 0 radical (unpaired) electrons. The molecule has 0 fully saturated rings. The second-order valence-corrected chi connectivity index (χ2v) is 5.68. The minimum atomic E-state index is -0.339. The van der Waals surface area contributed by atoms with Crippen LogP contribution in [-0.2, 0) is 11.3 Å². The molecule has 1 amide bonds. The van der Waals surface area contributed by atoms with Gasteiger partial charge in [-0.25, -0.2) is 4.98 Å². The molecule has 0 saturated heterocycles. The molecule has 1 aromatic heterocycles. The van der Waals surface area contributed by atoms with E-state index in [9.17, 15) is 4.79 Å². The highest BCUT2D eigenvalue weighted by atomic mass is 16.5. The lowest BCUT2D eigenvalue weighted by Gasteiger charge is -2.18. The zero-order valence-electron chi connectivity index (χ0n) is 14.1. The number of hydrogen-bond donors (Lipinski definition) is 1. The van der Waals surface area contributed by atoms with E-state index in [0.717, 1.165) is 16.7 Å². The molecule has 4 nitrogen and oxygen atoms in total. The Balaban J connectivity index is 1.77. The Hall–Kier alpha value is -3.14. The quantitative estimate of drug-likeness (QED) is 0.751. The van der Waals surface area contributed by atoms with Gasteiger partial charge in [0.2, 0.25) is 11.8 Å². The summed E-state index contributed by atoms with van der Waals surface area (Å²) < 4.78 is 5.05. The standard InChI is InChI=1S/C21H20N2O2/c1-25-19-13-12-16(14-22-19)15-23-21(24)20(17-8-4-2-5-9-17)18-10-6-3-7-11-18/h2-14,20H,15H2,1H3,(H,23,24). The fourth-order valence-electron chi connectivity index (χ4n) is 2.71. The molecule has 0 aliphatic carbocycles. The van der Waals surface area contributed by atoms with Gasteiger partial charge in [-0.05, 0) is 16.7 Å². The lowest BCUT2D eigenvalue weighted by molar-refractivity contribution is -0.121. The van der Waals surface area contributed by atoms with Gasteiger partial charge >= 0.3 is 0 Å². The van der Waals surface area contributed by atoms with Gasteiger partial charge in [0.1, 0.15) is 0 Å². The average Bonchev–Trinajstić information content (AvgIpc) is 2.69. The van der Waals surface area contributed by atoms with E-state index in [-0.39, 0.29) is 11.8 Å². The molecule has 0 aliphatic heterocycles. The molecular weight excluding hydrogens is 312 g/mol. The van der Waals surface area contributed by atoms with E-state index in [0.29, 0.717) is 12.4 Å². The van der Waals surface area contributed by atoms with Crippen molar-refractivity contribution in [3.63, 3.8) is 0 Å². The van der Waals surface area contributed by atoms with Crippen LogP contribution in [0.2, 0.25) is 0 Å². The summed E-state index contributed by atoms with van der Waals surface area (Å²) in [7, 11) is 1.58. The van der Waals surface area contributed by atoms with E-state index < -0.39 is 0 Å². The van der Waals surface area contributed by atoms with Crippen molar-refractivity contribution < 1.29 is 9.53 Å². The van der Waals surface area contributed by atoms with Gasteiger partial charge in [0.25, 0.3) is 0 Å². The molecule has 0 unspecified atom stereocenters. The molecule has 3 aromatic rings. The third-order valence-corrected chi connectivity index (χ3v) is 4.00. The Morgan fingerprint density at radius 1 is 0.960 bits per heavy atom. The molecule has 0 aliphatic rings. The highest BCUT2D eigenvalue weighted by molar-refractivity contribution is 5.87. The summed E-state index contributed by atoms with van der Waals surface area (Å²) in [4.78, 5) is 17.0. The van der Waals surface area contributed by atoms with E-state index in [1.165, 1.54) is 0 Å². The number of nitrogens with zero attached hydrogens (tertiary/aromatic N) is 1. The maximum absolute atomic E-state index is 12.9. The van der Waals surface area contributed by atoms with Crippen LogP contribution in [0.3, 0.4) is 0 Å². The number of hydrogen-bond acceptors (Lipinski definition) is 3. The van der Waals surface area contributed by atoms with Crippen molar-refractivity contribution in [2.45, 2.75) is 12.5 Å². The highest BCUT2D eigenvalue weighted by Gasteiger charge is 2.22. The Kier molecular flexibility index (Phi) is 5.42. The number of pyridine rings is 1. The number of rotatable bonds is 6. The van der Waals surface area contributed by atoms with Crippen molar-refractivity contribution in [1.29, 1.82) is 0 Å². The first kappa shape index (κ1) is 16.7. The number of carbonyl (C=O) groups excluding carboxylic acids is 1. The molecule has 3 rings (SSSR count). The molecule has 1 heterocycles. The summed E-state index contributed by atoms with van der Waals surface area (Å²) in [5.74, 6) is 0.184. The zero-order valence-corrected chi connectivity index (χ0v) is 14.1. The molecule has 1 N–H and O–H groups in total. The van der Waals surface area contributed by atoms with Gasteiger partial charge in [0.05, 0.1) is 13.0 Å². The van der Waals surface area contributed by atoms with E-state index >= 15 is 0 Å². The van der Waals surface area contributed by atoms with Crippen LogP contribution in [0, 0.1) is 0 Å². The molecule has 0 saturated carbocycles. The molecule has 2 aromatic carbocycles. The first-order valence-electron chi connectivity index (χ1n) is 8.14. The van der Waals surface area contributed by atoms with Crippen molar-refractivity contribution in [3.05, 3.63) is 95.7 Å². The smallest absolute Gasteiger partial charge is 0.232 e. The van der Waals surface area contributed by atoms with Gasteiger partial charge < -0.3 is 10.1 Å². The van der Waals surface area contributed by atoms with Crippen LogP contribution in [0.4, 0.5) is 0 Å². The summed E-state index contributed by atoms with van der Waals surface area (Å²) in [5.41, 5.74) is 2.87. The third kappa shape index (κ3) is 4.23. The summed E-state index contributed by atoms with van der Waals surface area (Å²) in [6.45, 7) is 0.423. The molecule has 0 bridgehead atoms. The summed E-state index contributed by atoms with van der Waals surface area (Å²) in [5, 5.41) is 3.01. The molecule has 126 valence electrons. The second-order valence-electron chi connectivity index (χ2n) is 5.68. The largest absolute Gasteiger partial charge is 0.481 e. The van der Waals surface area contributed by atoms with E-state index in [1.807, 2.05) is 66.7 Å². The van der Waals surface area contributed by atoms with Gasteiger partial charge in [-0.2, -0.15) is 0 Å². The second kappa shape index (κ2) is 8.11. The van der Waals surface area contributed by atoms with E-state index in [4.69, 9.17) is 4.74 Å². The van der Waals surface area contributed by atoms with Gasteiger partial charge in [-0.3, -0.25) is 4.79 Å². The normalized spacial score (nSPS) is 10.5. The first-order chi connectivity index (χ1) is 12.3. The maximum Gasteiger partial charge on any atom is 0.232 e. The molecule has 4 heteroatoms. The number of nitrogens with one attached hydrogen (secondary N) is 1. The van der Waals surface area contributed by atoms with Crippen molar-refractivity contribution in [3.8, 4) is 5.88 Å². The predicted molar refractivity (Wildman–Crippen MR) is 97.4 cm³/mol. The Labute approximate surface area is 147 Å². The predicted octanol–water partition coefficient (Wildman–Crippen LogP) is 3.54. The van der Waals surface area contributed by atoms with Gasteiger partial charge in [0.15, 0.2) is 0 Å². The lowest BCUT2D eigenvalue weighted by Crippen LogP contribution is -2.29. The SMILES string of the molecule is COc1ccc(CNC(=O)C(c2ccccc2)c2ccccc2)cn1. The number of amides is 1. The summed E-state index contributed by atoms with van der Waals surface area (Å²) >= 11 is 0. The van der Waals surface area contributed by atoms with Crippen LogP contribution in [0.1, 0.15) is 22.6 Å². The molecule has 25 heavy (non-hydrogen) atoms. The van der Waals surface area contributed by atoms with E-state index in [2.05, 4.69) is 10.3 Å². The highest BCUT2D eigenvalue weighted by Crippen LogP contribution is 2.24. The topological polar surface area (TPSA) is 51.2 Å². The number of carbonyl (C=O) groups is 1. The van der Waals surface area contributed by atoms with Crippen molar-refractivity contribution in [1.82, 2.24) is 10.3 Å². The van der Waals surface area contributed by atoms with Gasteiger partial charge in [0, 0.05) is 18.8 Å². The van der Waals surface area contributed by atoms with Crippen molar-refractivity contribution in [2.75, 3.05) is 7.11 Å². The molecule has 0 atom stereocenters. The minimum absolute atomic E-state index is 0.0341. The van der Waals surface area contributed by atoms with Crippen LogP contribution in [0.25, 0.3) is 0 Å². The Morgan fingerprint density at radius 2 is 1.56 bits per heavy atom. The maximum atomic E-state index is 12.9. The van der Waals surface area contributed by atoms with E-state index in [1.54, 1.807) is 19.4 Å². The summed E-state index contributed by atoms with van der Waals surface area (Å²) in [6, 6.07) is 23.3. The Bertz CT molecular complexity index is 763. The fourth-order valence-corrected chi connectivity index (χ4v) is 2.71. The minimum Gasteiger partial charge on any atom is -0.481 e. The van der Waals surface area contributed by atoms with Crippen LogP contribution < -0.4 is 10.1 Å². The number of ether oxygens (including phenoxy) is 1. The molecular formula is C21H20N2O2. The van der Waals surface area contributed by atoms with Gasteiger partial charge in [-0.15, -0.1) is 0 Å². The third-order valence-electron chi connectivity index (χ3n) is 4.00. The number of methoxy groups -OCH3 is 1. The monoisotopic (exact) mass is 332 g/mol.